The molecule has 100 valence electrons. The highest BCUT2D eigenvalue weighted by Gasteiger charge is 2.03. The number of halogens is 1. The zero-order valence-corrected chi connectivity index (χ0v) is 13.4. The molecule has 0 radical (unpaired) electrons. The van der Waals surface area contributed by atoms with Crippen LogP contribution in [0.1, 0.15) is 11.3 Å². The maximum absolute atomic E-state index is 4.58. The Balaban J connectivity index is 1.91. The van der Waals surface area contributed by atoms with Crippen molar-refractivity contribution in [2.24, 2.45) is 0 Å². The highest BCUT2D eigenvalue weighted by Crippen LogP contribution is 2.20. The number of rotatable bonds is 3. The van der Waals surface area contributed by atoms with Gasteiger partial charge in [-0.05, 0) is 65.4 Å². The van der Waals surface area contributed by atoms with E-state index in [2.05, 4.69) is 81.4 Å². The lowest BCUT2D eigenvalue weighted by atomic mass is 10.1. The Morgan fingerprint density at radius 1 is 1.05 bits per heavy atom. The van der Waals surface area contributed by atoms with Gasteiger partial charge in [0.25, 0.3) is 0 Å². The largest absolute Gasteiger partial charge is 0.381 e. The van der Waals surface area contributed by atoms with Gasteiger partial charge < -0.3 is 5.32 Å². The lowest BCUT2D eigenvalue weighted by molar-refractivity contribution is 1.13. The number of para-hydroxylation sites is 1. The first kappa shape index (κ1) is 13.4. The first-order valence-corrected chi connectivity index (χ1v) is 7.65. The zero-order chi connectivity index (χ0) is 13.9. The molecule has 0 aliphatic rings. The van der Waals surface area contributed by atoms with Crippen LogP contribution in [0.5, 0.6) is 0 Å². The molecule has 2 aromatic carbocycles. The van der Waals surface area contributed by atoms with Crippen molar-refractivity contribution in [3.63, 3.8) is 0 Å². The molecule has 1 N–H and O–H groups in total. The van der Waals surface area contributed by atoms with Crippen LogP contribution in [0.25, 0.3) is 10.9 Å². The Morgan fingerprint density at radius 2 is 1.90 bits per heavy atom. The molecule has 0 aliphatic carbocycles. The average molecular weight is 374 g/mol. The van der Waals surface area contributed by atoms with E-state index in [0.717, 1.165) is 23.4 Å². The van der Waals surface area contributed by atoms with Gasteiger partial charge >= 0.3 is 0 Å². The van der Waals surface area contributed by atoms with Crippen LogP contribution in [0.3, 0.4) is 0 Å². The van der Waals surface area contributed by atoms with Crippen molar-refractivity contribution in [1.29, 1.82) is 0 Å². The topological polar surface area (TPSA) is 24.9 Å². The Bertz CT molecular complexity index is 753. The molecule has 0 fully saturated rings. The van der Waals surface area contributed by atoms with E-state index in [0.29, 0.717) is 0 Å². The quantitative estimate of drug-likeness (QED) is 0.669. The number of hydrogen-bond donors (Lipinski definition) is 1. The predicted molar refractivity (Wildman–Crippen MR) is 93.0 cm³/mol. The summed E-state index contributed by atoms with van der Waals surface area (Å²) >= 11 is 2.33. The van der Waals surface area contributed by atoms with E-state index in [1.807, 2.05) is 13.0 Å². The fourth-order valence-electron chi connectivity index (χ4n) is 2.34. The van der Waals surface area contributed by atoms with Crippen molar-refractivity contribution in [1.82, 2.24) is 4.98 Å². The molecule has 1 heterocycles. The third-order valence-electron chi connectivity index (χ3n) is 3.24. The summed E-state index contributed by atoms with van der Waals surface area (Å²) in [6, 6.07) is 18.9. The van der Waals surface area contributed by atoms with Gasteiger partial charge in [0, 0.05) is 26.9 Å². The Kier molecular flexibility index (Phi) is 3.87. The number of fused-ring (bicyclic) bond motifs is 1. The van der Waals surface area contributed by atoms with E-state index in [4.69, 9.17) is 0 Å². The van der Waals surface area contributed by atoms with Crippen molar-refractivity contribution in [3.05, 3.63) is 69.4 Å². The standard InChI is InChI=1S/C17H15IN2/c1-12-9-13(16-7-2-3-8-17(16)20-12)11-19-15-6-4-5-14(18)10-15/h2-10,19H,11H2,1H3. The third-order valence-corrected chi connectivity index (χ3v) is 3.91. The molecule has 2 nitrogen and oxygen atoms in total. The van der Waals surface area contributed by atoms with Gasteiger partial charge in [0.05, 0.1) is 5.52 Å². The lowest BCUT2D eigenvalue weighted by Crippen LogP contribution is -2.01. The molecule has 3 aromatic rings. The molecule has 0 aliphatic heterocycles. The smallest absolute Gasteiger partial charge is 0.0708 e. The summed E-state index contributed by atoms with van der Waals surface area (Å²) in [4.78, 5) is 4.58. The molecule has 0 spiro atoms. The lowest BCUT2D eigenvalue weighted by Gasteiger charge is -2.10. The van der Waals surface area contributed by atoms with Gasteiger partial charge in [-0.3, -0.25) is 4.98 Å². The van der Waals surface area contributed by atoms with Gasteiger partial charge in [0.15, 0.2) is 0 Å². The summed E-state index contributed by atoms with van der Waals surface area (Å²) < 4.78 is 1.24. The molecule has 0 unspecified atom stereocenters. The summed E-state index contributed by atoms with van der Waals surface area (Å²) in [5.74, 6) is 0. The molecule has 0 saturated heterocycles. The van der Waals surface area contributed by atoms with Crippen molar-refractivity contribution < 1.29 is 0 Å². The minimum atomic E-state index is 0.809. The van der Waals surface area contributed by atoms with E-state index in [9.17, 15) is 0 Å². The van der Waals surface area contributed by atoms with Gasteiger partial charge in [-0.2, -0.15) is 0 Å². The number of pyridine rings is 1. The van der Waals surface area contributed by atoms with Crippen LogP contribution in [-0.2, 0) is 6.54 Å². The summed E-state index contributed by atoms with van der Waals surface area (Å²) in [6.45, 7) is 2.85. The summed E-state index contributed by atoms with van der Waals surface area (Å²) in [6.07, 6.45) is 0. The average Bonchev–Trinajstić information content (AvgIpc) is 2.44. The second-order valence-electron chi connectivity index (χ2n) is 4.80. The Morgan fingerprint density at radius 3 is 2.75 bits per heavy atom. The maximum atomic E-state index is 4.58. The number of nitrogens with zero attached hydrogens (tertiary/aromatic N) is 1. The van der Waals surface area contributed by atoms with Crippen LogP contribution in [0.2, 0.25) is 0 Å². The van der Waals surface area contributed by atoms with Crippen LogP contribution in [0.15, 0.2) is 54.6 Å². The Labute approximate surface area is 132 Å². The van der Waals surface area contributed by atoms with E-state index in [1.165, 1.54) is 14.5 Å². The second-order valence-corrected chi connectivity index (χ2v) is 6.05. The summed E-state index contributed by atoms with van der Waals surface area (Å²) in [5, 5.41) is 4.71. The van der Waals surface area contributed by atoms with E-state index >= 15 is 0 Å². The SMILES string of the molecule is Cc1cc(CNc2cccc(I)c2)c2ccccc2n1. The third kappa shape index (κ3) is 2.93. The van der Waals surface area contributed by atoms with Gasteiger partial charge in [-0.15, -0.1) is 0 Å². The van der Waals surface area contributed by atoms with Crippen LogP contribution in [-0.4, -0.2) is 4.98 Å². The fraction of sp³-hybridized carbons (Fsp3) is 0.118. The minimum absolute atomic E-state index is 0.809. The molecule has 3 rings (SSSR count). The van der Waals surface area contributed by atoms with Crippen molar-refractivity contribution in [2.75, 3.05) is 5.32 Å². The number of aryl methyl sites for hydroxylation is 1. The molecule has 3 heteroatoms. The van der Waals surface area contributed by atoms with Crippen molar-refractivity contribution in [2.45, 2.75) is 13.5 Å². The zero-order valence-electron chi connectivity index (χ0n) is 11.2. The first-order valence-electron chi connectivity index (χ1n) is 6.57. The fourth-order valence-corrected chi connectivity index (χ4v) is 2.88. The number of hydrogen-bond acceptors (Lipinski definition) is 2. The molecular weight excluding hydrogens is 359 g/mol. The number of benzene rings is 2. The van der Waals surface area contributed by atoms with Crippen molar-refractivity contribution >= 4 is 39.2 Å². The minimum Gasteiger partial charge on any atom is -0.381 e. The molecule has 0 saturated carbocycles. The Hall–Kier alpha value is -1.62. The van der Waals surface area contributed by atoms with Gasteiger partial charge in [-0.1, -0.05) is 24.3 Å². The summed E-state index contributed by atoms with van der Waals surface area (Å²) in [5.41, 5.74) is 4.55. The van der Waals surface area contributed by atoms with Crippen molar-refractivity contribution in [3.8, 4) is 0 Å². The number of aromatic nitrogens is 1. The maximum Gasteiger partial charge on any atom is 0.0708 e. The van der Waals surface area contributed by atoms with E-state index in [1.54, 1.807) is 0 Å². The van der Waals surface area contributed by atoms with E-state index < -0.39 is 0 Å². The molecule has 1 aromatic heterocycles. The predicted octanol–water partition coefficient (Wildman–Crippen LogP) is 4.76. The number of anilines is 1. The van der Waals surface area contributed by atoms with Gasteiger partial charge in [-0.25, -0.2) is 0 Å². The van der Waals surface area contributed by atoms with Gasteiger partial charge in [0.1, 0.15) is 0 Å². The summed E-state index contributed by atoms with van der Waals surface area (Å²) in [7, 11) is 0. The normalized spacial score (nSPS) is 10.7. The highest BCUT2D eigenvalue weighted by atomic mass is 127. The molecule has 0 amide bonds. The van der Waals surface area contributed by atoms with Crippen LogP contribution in [0.4, 0.5) is 5.69 Å². The van der Waals surface area contributed by atoms with E-state index in [-0.39, 0.29) is 0 Å². The van der Waals surface area contributed by atoms with Crippen LogP contribution < -0.4 is 5.32 Å². The molecule has 0 bridgehead atoms. The molecule has 20 heavy (non-hydrogen) atoms. The van der Waals surface area contributed by atoms with Crippen LogP contribution in [0, 0.1) is 10.5 Å². The molecular formula is C17H15IN2. The van der Waals surface area contributed by atoms with Gasteiger partial charge in [0.2, 0.25) is 0 Å². The van der Waals surface area contributed by atoms with Crippen LogP contribution >= 0.6 is 22.6 Å². The second kappa shape index (κ2) is 5.79. The molecule has 0 atom stereocenters. The number of nitrogens with one attached hydrogen (secondary N) is 1. The first-order chi connectivity index (χ1) is 9.72. The highest BCUT2D eigenvalue weighted by molar-refractivity contribution is 14.1. The monoisotopic (exact) mass is 374 g/mol.